The van der Waals surface area contributed by atoms with E-state index in [1.165, 1.54) is 0 Å². The van der Waals surface area contributed by atoms with Crippen molar-refractivity contribution in [1.29, 1.82) is 0 Å². The quantitative estimate of drug-likeness (QED) is 0.0356. The number of rotatable bonds is 40. The molecule has 0 aromatic heterocycles. The first-order valence-corrected chi connectivity index (χ1v) is 23.8. The maximum Gasteiger partial charge on any atom is 0.306 e. The van der Waals surface area contributed by atoms with Gasteiger partial charge in [-0.15, -0.1) is 0 Å². The second kappa shape index (κ2) is 37.4. The summed E-state index contributed by atoms with van der Waals surface area (Å²) in [7, 11) is 3.97. The molecule has 0 bridgehead atoms. The van der Waals surface area contributed by atoms with E-state index < -0.39 is 12.2 Å². The van der Waals surface area contributed by atoms with Crippen molar-refractivity contribution in [1.82, 2.24) is 4.90 Å². The number of carbonyl (C=O) groups excluding carboxylic acids is 4. The summed E-state index contributed by atoms with van der Waals surface area (Å²) in [6.07, 6.45) is 21.5. The summed E-state index contributed by atoms with van der Waals surface area (Å²) in [6, 6.07) is 5.72. The normalized spacial score (nSPS) is 12.2. The molecule has 11 nitrogen and oxygen atoms in total. The number of hydrogen-bond donors (Lipinski definition) is 0. The average molecular weight is 848 g/mol. The van der Waals surface area contributed by atoms with Gasteiger partial charge in [0, 0.05) is 51.1 Å². The zero-order valence-corrected chi connectivity index (χ0v) is 38.8. The molecule has 0 saturated heterocycles. The molecule has 0 N–H and O–H groups in total. The Morgan fingerprint density at radius 2 is 0.800 bits per heavy atom. The maximum absolute atomic E-state index is 12.8. The lowest BCUT2D eigenvalue weighted by molar-refractivity contribution is -0.160. The van der Waals surface area contributed by atoms with Gasteiger partial charge in [-0.1, -0.05) is 130 Å². The van der Waals surface area contributed by atoms with E-state index in [4.69, 9.17) is 28.4 Å². The van der Waals surface area contributed by atoms with Crippen molar-refractivity contribution in [2.45, 2.75) is 213 Å². The van der Waals surface area contributed by atoms with Crippen LogP contribution in [0, 0.1) is 0 Å². The van der Waals surface area contributed by atoms with Gasteiger partial charge in [-0.2, -0.15) is 0 Å². The molecule has 0 heterocycles. The summed E-state index contributed by atoms with van der Waals surface area (Å²) in [5, 5.41) is 0. The van der Waals surface area contributed by atoms with Crippen LogP contribution in [-0.4, -0.2) is 81.5 Å². The van der Waals surface area contributed by atoms with E-state index in [1.54, 1.807) is 0 Å². The number of nitrogens with zero attached hydrogens (tertiary/aromatic N) is 1. The largest absolute Gasteiger partial charge is 0.493 e. The average Bonchev–Trinajstić information content (AvgIpc) is 3.21. The van der Waals surface area contributed by atoms with E-state index in [-0.39, 0.29) is 50.3 Å². The Balaban J connectivity index is 2.93. The fraction of sp³-hybridized carbons (Fsp3) is 0.796. The van der Waals surface area contributed by atoms with Gasteiger partial charge in [0.1, 0.15) is 36.9 Å². The summed E-state index contributed by atoms with van der Waals surface area (Å²) >= 11 is 0. The van der Waals surface area contributed by atoms with Gasteiger partial charge in [-0.05, 0) is 57.5 Å². The van der Waals surface area contributed by atoms with Crippen molar-refractivity contribution in [3.05, 3.63) is 23.8 Å². The molecule has 346 valence electrons. The highest BCUT2D eigenvalue weighted by Gasteiger charge is 2.20. The van der Waals surface area contributed by atoms with Crippen LogP contribution in [0.5, 0.6) is 11.5 Å². The number of ether oxygens (including phenoxy) is 6. The Kier molecular flexibility index (Phi) is 34.1. The van der Waals surface area contributed by atoms with Crippen LogP contribution in [0.2, 0.25) is 0 Å². The lowest BCUT2D eigenvalue weighted by atomic mass is 10.1. The molecule has 60 heavy (non-hydrogen) atoms. The van der Waals surface area contributed by atoms with Gasteiger partial charge in [0.15, 0.2) is 0 Å². The van der Waals surface area contributed by atoms with Crippen LogP contribution in [0.1, 0.15) is 200 Å². The third-order valence-electron chi connectivity index (χ3n) is 10.3. The van der Waals surface area contributed by atoms with Crippen LogP contribution in [0.4, 0.5) is 0 Å². The molecular weight excluding hydrogens is 763 g/mol. The fourth-order valence-electron chi connectivity index (χ4n) is 6.72. The van der Waals surface area contributed by atoms with Gasteiger partial charge in [-0.25, -0.2) is 0 Å². The number of carbonyl (C=O) groups is 4. The molecule has 0 radical (unpaired) electrons. The molecular formula is C49H85NO10. The monoisotopic (exact) mass is 848 g/mol. The third kappa shape index (κ3) is 31.5. The molecule has 1 aromatic rings. The Labute approximate surface area is 364 Å². The summed E-state index contributed by atoms with van der Waals surface area (Å²) in [5.74, 6) is 0.0534. The summed E-state index contributed by atoms with van der Waals surface area (Å²) in [4.78, 5) is 52.7. The third-order valence-corrected chi connectivity index (χ3v) is 10.3. The first-order valence-electron chi connectivity index (χ1n) is 23.8. The minimum atomic E-state index is -0.621. The highest BCUT2D eigenvalue weighted by atomic mass is 16.6. The van der Waals surface area contributed by atoms with Crippen LogP contribution in [0.3, 0.4) is 0 Å². The number of esters is 4. The smallest absolute Gasteiger partial charge is 0.306 e. The second-order valence-corrected chi connectivity index (χ2v) is 16.6. The molecule has 0 aliphatic rings. The van der Waals surface area contributed by atoms with Crippen LogP contribution in [0.15, 0.2) is 18.2 Å². The fourth-order valence-corrected chi connectivity index (χ4v) is 6.72. The molecule has 1 rings (SSSR count). The van der Waals surface area contributed by atoms with E-state index in [9.17, 15) is 19.2 Å². The van der Waals surface area contributed by atoms with Crippen molar-refractivity contribution < 1.29 is 47.6 Å². The molecule has 1 aromatic carbocycles. The van der Waals surface area contributed by atoms with E-state index in [2.05, 4.69) is 32.6 Å². The first kappa shape index (κ1) is 54.7. The van der Waals surface area contributed by atoms with Gasteiger partial charge in [0.2, 0.25) is 0 Å². The molecule has 0 amide bonds. The number of unbranched alkanes of at least 4 members (excludes halogenated alkanes) is 16. The maximum atomic E-state index is 12.8. The Morgan fingerprint density at radius 3 is 1.13 bits per heavy atom. The molecule has 0 aliphatic heterocycles. The minimum Gasteiger partial charge on any atom is -0.493 e. The zero-order valence-electron chi connectivity index (χ0n) is 38.8. The van der Waals surface area contributed by atoms with Crippen molar-refractivity contribution >= 4 is 23.9 Å². The molecule has 0 aliphatic carbocycles. The molecule has 0 spiro atoms. The molecule has 0 fully saturated rings. The van der Waals surface area contributed by atoms with Crippen LogP contribution in [-0.2, 0) is 44.7 Å². The second-order valence-electron chi connectivity index (χ2n) is 16.6. The van der Waals surface area contributed by atoms with E-state index in [0.717, 1.165) is 134 Å². The first-order chi connectivity index (χ1) is 29.1. The van der Waals surface area contributed by atoms with Gasteiger partial charge in [0.25, 0.3) is 0 Å². The van der Waals surface area contributed by atoms with E-state index >= 15 is 0 Å². The lowest BCUT2D eigenvalue weighted by Crippen LogP contribution is -2.27. The minimum absolute atomic E-state index is 0.00732. The number of benzene rings is 1. The molecule has 0 saturated carbocycles. The molecule has 2 atom stereocenters. The number of hydrogen-bond acceptors (Lipinski definition) is 11. The van der Waals surface area contributed by atoms with Crippen molar-refractivity contribution in [2.24, 2.45) is 0 Å². The summed E-state index contributed by atoms with van der Waals surface area (Å²) < 4.78 is 35.2. The Morgan fingerprint density at radius 1 is 0.467 bits per heavy atom. The van der Waals surface area contributed by atoms with Crippen LogP contribution in [0.25, 0.3) is 0 Å². The van der Waals surface area contributed by atoms with E-state index in [1.807, 2.05) is 32.3 Å². The highest BCUT2D eigenvalue weighted by Crippen LogP contribution is 2.25. The van der Waals surface area contributed by atoms with E-state index in [0.29, 0.717) is 56.6 Å². The topological polar surface area (TPSA) is 127 Å². The van der Waals surface area contributed by atoms with Gasteiger partial charge in [0.05, 0.1) is 13.2 Å². The van der Waals surface area contributed by atoms with Crippen LogP contribution < -0.4 is 9.47 Å². The molecule has 11 heteroatoms. The van der Waals surface area contributed by atoms with Crippen molar-refractivity contribution in [2.75, 3.05) is 40.5 Å². The summed E-state index contributed by atoms with van der Waals surface area (Å²) in [5.41, 5.74) is 0.977. The Bertz CT molecular complexity index is 1170. The zero-order chi connectivity index (χ0) is 44.1. The molecule has 2 unspecified atom stereocenters. The highest BCUT2D eigenvalue weighted by molar-refractivity contribution is 5.71. The Hall–Kier alpha value is -3.34. The lowest BCUT2D eigenvalue weighted by Gasteiger charge is -2.20. The van der Waals surface area contributed by atoms with Crippen molar-refractivity contribution in [3.8, 4) is 11.5 Å². The van der Waals surface area contributed by atoms with Gasteiger partial charge in [-0.3, -0.25) is 19.2 Å². The summed E-state index contributed by atoms with van der Waals surface area (Å²) in [6.45, 7) is 9.73. The van der Waals surface area contributed by atoms with Gasteiger partial charge < -0.3 is 33.3 Å². The van der Waals surface area contributed by atoms with Gasteiger partial charge >= 0.3 is 23.9 Å². The van der Waals surface area contributed by atoms with Crippen molar-refractivity contribution in [3.63, 3.8) is 0 Å². The SMILES string of the molecule is CCCCCCCC(=O)OCC(CCOc1cc(CN(C)C)cc(OCCC(COC(=O)CCCCCCC)OC(=O)CCCCCCC)c1)OC(=O)CCCCCCC. The standard InChI is InChI=1S/C49H85NO10/c1-7-11-15-19-23-27-46(51)57-39-42(59-48(53)29-25-21-17-13-9-3)31-33-55-44-35-41(38-50(5)6)36-45(37-44)56-34-32-43(60-49(54)30-26-22-18-14-10-4)40-58-47(52)28-24-20-16-12-8-2/h35-37,42-43H,7-34,38-40H2,1-6H3. The van der Waals surface area contributed by atoms with Crippen LogP contribution >= 0.6 is 0 Å². The predicted molar refractivity (Wildman–Crippen MR) is 239 cm³/mol. The predicted octanol–water partition coefficient (Wildman–Crippen LogP) is 11.6.